The van der Waals surface area contributed by atoms with Crippen molar-refractivity contribution in [3.63, 3.8) is 0 Å². The topological polar surface area (TPSA) is 94.8 Å². The van der Waals surface area contributed by atoms with Crippen molar-refractivity contribution in [1.29, 1.82) is 0 Å². The Morgan fingerprint density at radius 2 is 1.77 bits per heavy atom. The molecule has 0 bridgehead atoms. The molecule has 0 saturated heterocycles. The summed E-state index contributed by atoms with van der Waals surface area (Å²) in [5.41, 5.74) is 0.00938. The number of phenols is 2. The molecule has 0 aliphatic heterocycles. The van der Waals surface area contributed by atoms with E-state index in [1.807, 2.05) is 0 Å². The van der Waals surface area contributed by atoms with Crippen LogP contribution in [0.3, 0.4) is 0 Å². The normalized spacial score (nSPS) is 11.5. The van der Waals surface area contributed by atoms with E-state index >= 15 is 0 Å². The van der Waals surface area contributed by atoms with Gasteiger partial charge in [0.2, 0.25) is 0 Å². The Balaban J connectivity index is 3.53. The summed E-state index contributed by atoms with van der Waals surface area (Å²) in [6, 6.07) is 2.01. The molecule has 0 heterocycles. The quantitative estimate of drug-likeness (QED) is 0.584. The molecule has 1 aromatic carbocycles. The zero-order valence-corrected chi connectivity index (χ0v) is 7.54. The number of rotatable bonds is 1. The van der Waals surface area contributed by atoms with Gasteiger partial charge in [0.1, 0.15) is 16.4 Å². The fourth-order valence-electron chi connectivity index (χ4n) is 0.873. The Morgan fingerprint density at radius 1 is 1.23 bits per heavy atom. The zero-order valence-electron chi connectivity index (χ0n) is 6.72. The Labute approximate surface area is 75.0 Å². The van der Waals surface area contributed by atoms with Gasteiger partial charge >= 0.3 is 0 Å². The van der Waals surface area contributed by atoms with Crippen molar-refractivity contribution < 1.29 is 23.2 Å². The highest BCUT2D eigenvalue weighted by atomic mass is 32.2. The van der Waals surface area contributed by atoms with Gasteiger partial charge in [0.25, 0.3) is 10.1 Å². The maximum Gasteiger partial charge on any atom is 0.298 e. The number of phenolic OH excluding ortho intramolecular Hbond substituents is 2. The Hall–Kier alpha value is -1.27. The summed E-state index contributed by atoms with van der Waals surface area (Å²) in [5.74, 6) is -0.868. The van der Waals surface area contributed by atoms with Crippen molar-refractivity contribution in [1.82, 2.24) is 0 Å². The van der Waals surface area contributed by atoms with Crippen LogP contribution in [0.1, 0.15) is 5.56 Å². The third kappa shape index (κ3) is 1.73. The first-order valence-corrected chi connectivity index (χ1v) is 4.77. The van der Waals surface area contributed by atoms with Gasteiger partial charge < -0.3 is 10.2 Å². The van der Waals surface area contributed by atoms with Crippen LogP contribution in [-0.4, -0.2) is 23.2 Å². The molecule has 6 heteroatoms. The van der Waals surface area contributed by atoms with Crippen LogP contribution in [0, 0.1) is 6.92 Å². The summed E-state index contributed by atoms with van der Waals surface area (Å²) in [4.78, 5) is -0.609. The van der Waals surface area contributed by atoms with E-state index in [1.54, 1.807) is 0 Å². The van der Waals surface area contributed by atoms with Crippen LogP contribution in [0.15, 0.2) is 17.0 Å². The Morgan fingerprint density at radius 3 is 2.23 bits per heavy atom. The number of benzene rings is 1. The Bertz CT molecular complexity index is 434. The highest BCUT2D eigenvalue weighted by Gasteiger charge is 2.18. The van der Waals surface area contributed by atoms with Gasteiger partial charge in [-0.15, -0.1) is 0 Å². The van der Waals surface area contributed by atoms with Crippen LogP contribution in [0.2, 0.25) is 0 Å². The summed E-state index contributed by atoms with van der Waals surface area (Å²) >= 11 is 0. The van der Waals surface area contributed by atoms with Crippen LogP contribution < -0.4 is 0 Å². The average Bonchev–Trinajstić information content (AvgIpc) is 1.98. The highest BCUT2D eigenvalue weighted by Crippen LogP contribution is 2.31. The van der Waals surface area contributed by atoms with Gasteiger partial charge in [-0.3, -0.25) is 4.55 Å². The van der Waals surface area contributed by atoms with Crippen LogP contribution in [0.4, 0.5) is 0 Å². The lowest BCUT2D eigenvalue weighted by Crippen LogP contribution is -1.99. The van der Waals surface area contributed by atoms with E-state index < -0.39 is 20.8 Å². The molecular weight excluding hydrogens is 196 g/mol. The predicted octanol–water partition coefficient (Wildman–Crippen LogP) is 0.653. The summed E-state index contributed by atoms with van der Waals surface area (Å²) < 4.78 is 29.9. The SMILES string of the molecule is Cc1c(O)ccc(S(=O)(=O)O)c1O. The molecule has 0 aromatic heterocycles. The molecule has 1 aromatic rings. The van der Waals surface area contributed by atoms with E-state index in [0.29, 0.717) is 0 Å². The van der Waals surface area contributed by atoms with Gasteiger partial charge in [-0.05, 0) is 19.1 Å². The summed E-state index contributed by atoms with van der Waals surface area (Å²) in [6.45, 7) is 1.33. The summed E-state index contributed by atoms with van der Waals surface area (Å²) in [5, 5.41) is 18.3. The van der Waals surface area contributed by atoms with E-state index in [9.17, 15) is 13.5 Å². The fourth-order valence-corrected chi connectivity index (χ4v) is 1.51. The zero-order chi connectivity index (χ0) is 10.2. The maximum absolute atomic E-state index is 10.6. The van der Waals surface area contributed by atoms with Crippen molar-refractivity contribution in [3.8, 4) is 11.5 Å². The number of hydrogen-bond acceptors (Lipinski definition) is 4. The smallest absolute Gasteiger partial charge is 0.298 e. The molecule has 13 heavy (non-hydrogen) atoms. The molecule has 5 nitrogen and oxygen atoms in total. The van der Waals surface area contributed by atoms with Gasteiger partial charge in [0.15, 0.2) is 0 Å². The molecule has 1 rings (SSSR count). The molecular formula is C7H8O5S. The molecule has 0 radical (unpaired) electrons. The van der Waals surface area contributed by atoms with Gasteiger partial charge in [-0.25, -0.2) is 0 Å². The molecule has 0 fully saturated rings. The largest absolute Gasteiger partial charge is 0.508 e. The Kier molecular flexibility index (Phi) is 2.19. The third-order valence-electron chi connectivity index (χ3n) is 1.64. The summed E-state index contributed by atoms with van der Waals surface area (Å²) in [6.07, 6.45) is 0. The maximum atomic E-state index is 10.6. The van der Waals surface area contributed by atoms with Crippen molar-refractivity contribution in [2.24, 2.45) is 0 Å². The van der Waals surface area contributed by atoms with Crippen molar-refractivity contribution in [2.75, 3.05) is 0 Å². The van der Waals surface area contributed by atoms with E-state index in [2.05, 4.69) is 0 Å². The van der Waals surface area contributed by atoms with Crippen molar-refractivity contribution in [2.45, 2.75) is 11.8 Å². The van der Waals surface area contributed by atoms with Crippen molar-refractivity contribution >= 4 is 10.1 Å². The molecule has 0 saturated carbocycles. The monoisotopic (exact) mass is 204 g/mol. The predicted molar refractivity (Wildman–Crippen MR) is 44.3 cm³/mol. The van der Waals surface area contributed by atoms with Crippen LogP contribution in [0.5, 0.6) is 11.5 Å². The molecule has 0 amide bonds. The van der Waals surface area contributed by atoms with E-state index in [-0.39, 0.29) is 11.3 Å². The van der Waals surface area contributed by atoms with Crippen LogP contribution >= 0.6 is 0 Å². The molecule has 72 valence electrons. The lowest BCUT2D eigenvalue weighted by molar-refractivity contribution is 0.425. The fraction of sp³-hybridized carbons (Fsp3) is 0.143. The molecule has 0 unspecified atom stereocenters. The van der Waals surface area contributed by atoms with E-state index in [0.717, 1.165) is 12.1 Å². The lowest BCUT2D eigenvalue weighted by Gasteiger charge is -2.05. The number of hydrogen-bond donors (Lipinski definition) is 3. The van der Waals surface area contributed by atoms with Crippen LogP contribution in [-0.2, 0) is 10.1 Å². The van der Waals surface area contributed by atoms with Gasteiger partial charge in [0.05, 0.1) is 0 Å². The third-order valence-corrected chi connectivity index (χ3v) is 2.53. The molecule has 0 aliphatic rings. The van der Waals surface area contributed by atoms with E-state index in [1.165, 1.54) is 6.92 Å². The van der Waals surface area contributed by atoms with Crippen LogP contribution in [0.25, 0.3) is 0 Å². The number of aromatic hydroxyl groups is 2. The molecule has 3 N–H and O–H groups in total. The first-order chi connectivity index (χ1) is 5.84. The second-order valence-electron chi connectivity index (χ2n) is 2.53. The van der Waals surface area contributed by atoms with Gasteiger partial charge in [-0.2, -0.15) is 8.42 Å². The second kappa shape index (κ2) is 2.90. The lowest BCUT2D eigenvalue weighted by atomic mass is 10.2. The second-order valence-corrected chi connectivity index (χ2v) is 3.92. The van der Waals surface area contributed by atoms with Gasteiger partial charge in [-0.1, -0.05) is 0 Å². The van der Waals surface area contributed by atoms with E-state index in [4.69, 9.17) is 9.66 Å². The van der Waals surface area contributed by atoms with Gasteiger partial charge in [0, 0.05) is 5.56 Å². The molecule has 0 spiro atoms. The standard InChI is InChI=1S/C7H8O5S/c1-4-5(8)2-3-6(7(4)9)13(10,11)12/h2-3,8-9H,1H3,(H,10,11,12). The average molecular weight is 204 g/mol. The first kappa shape index (κ1) is 9.82. The minimum Gasteiger partial charge on any atom is -0.508 e. The first-order valence-electron chi connectivity index (χ1n) is 3.33. The highest BCUT2D eigenvalue weighted by molar-refractivity contribution is 7.86. The summed E-state index contributed by atoms with van der Waals surface area (Å²) in [7, 11) is -4.43. The molecule has 0 aliphatic carbocycles. The minimum atomic E-state index is -4.43. The van der Waals surface area contributed by atoms with Crippen molar-refractivity contribution in [3.05, 3.63) is 17.7 Å². The minimum absolute atomic E-state index is 0.00938. The molecule has 0 atom stereocenters.